The smallest absolute Gasteiger partial charge is 0.187 e. The van der Waals surface area contributed by atoms with E-state index in [1.165, 1.54) is 0 Å². The quantitative estimate of drug-likeness (QED) is 0.426. The van der Waals surface area contributed by atoms with Gasteiger partial charge in [-0.3, -0.25) is 0 Å². The van der Waals surface area contributed by atoms with Crippen molar-refractivity contribution in [2.75, 3.05) is 6.61 Å². The van der Waals surface area contributed by atoms with Crippen LogP contribution in [0, 0.1) is 0 Å². The van der Waals surface area contributed by atoms with Crippen molar-refractivity contribution in [3.63, 3.8) is 0 Å². The van der Waals surface area contributed by atoms with Crippen LogP contribution in [-0.4, -0.2) is 82.3 Å². The number of hydrogen-bond acceptors (Lipinski definition) is 8. The van der Waals surface area contributed by atoms with Crippen molar-refractivity contribution in [2.24, 2.45) is 0 Å². The molecular formula is C12H20O8. The van der Waals surface area contributed by atoms with Gasteiger partial charge in [-0.15, -0.1) is 0 Å². The van der Waals surface area contributed by atoms with Crippen LogP contribution in [0.15, 0.2) is 0 Å². The first kappa shape index (κ1) is 14.6. The summed E-state index contributed by atoms with van der Waals surface area (Å²) in [7, 11) is 0. The van der Waals surface area contributed by atoms with E-state index in [9.17, 15) is 15.3 Å². The van der Waals surface area contributed by atoms with Crippen molar-refractivity contribution in [1.29, 1.82) is 0 Å². The molecule has 0 aliphatic carbocycles. The molecule has 4 N–H and O–H groups in total. The Balaban J connectivity index is 1.76. The van der Waals surface area contributed by atoms with E-state index in [0.29, 0.717) is 0 Å². The van der Waals surface area contributed by atoms with Gasteiger partial charge in [0, 0.05) is 6.42 Å². The molecule has 3 saturated heterocycles. The zero-order chi connectivity index (χ0) is 14.4. The summed E-state index contributed by atoms with van der Waals surface area (Å²) < 4.78 is 22.1. The molecule has 8 nitrogen and oxygen atoms in total. The van der Waals surface area contributed by atoms with E-state index >= 15 is 0 Å². The van der Waals surface area contributed by atoms with E-state index in [-0.39, 0.29) is 6.42 Å². The summed E-state index contributed by atoms with van der Waals surface area (Å²) >= 11 is 0. The Kier molecular flexibility index (Phi) is 3.99. The second-order valence-corrected chi connectivity index (χ2v) is 5.48. The Morgan fingerprint density at radius 2 is 1.70 bits per heavy atom. The SMILES string of the molecule is CC1OC(O)CC2OC3OC(CO)C(O)C(O)C3OC12. The third-order valence-electron chi connectivity index (χ3n) is 4.08. The summed E-state index contributed by atoms with van der Waals surface area (Å²) in [6, 6.07) is 0. The molecule has 0 aromatic carbocycles. The molecule has 0 radical (unpaired) electrons. The van der Waals surface area contributed by atoms with Gasteiger partial charge >= 0.3 is 0 Å². The van der Waals surface area contributed by atoms with Gasteiger partial charge in [0.15, 0.2) is 12.6 Å². The monoisotopic (exact) mass is 292 g/mol. The largest absolute Gasteiger partial charge is 0.394 e. The van der Waals surface area contributed by atoms with Crippen molar-refractivity contribution in [3.05, 3.63) is 0 Å². The Morgan fingerprint density at radius 1 is 0.950 bits per heavy atom. The predicted octanol–water partition coefficient (Wildman–Crippen LogP) is -2.29. The van der Waals surface area contributed by atoms with E-state index in [1.54, 1.807) is 6.92 Å². The van der Waals surface area contributed by atoms with Crippen molar-refractivity contribution in [2.45, 2.75) is 68.7 Å². The molecule has 9 unspecified atom stereocenters. The van der Waals surface area contributed by atoms with Crippen LogP contribution in [0.3, 0.4) is 0 Å². The van der Waals surface area contributed by atoms with Gasteiger partial charge < -0.3 is 39.4 Å². The maximum atomic E-state index is 10.1. The number of aliphatic hydroxyl groups excluding tert-OH is 4. The molecule has 0 aromatic heterocycles. The zero-order valence-corrected chi connectivity index (χ0v) is 11.0. The fourth-order valence-corrected chi connectivity index (χ4v) is 3.01. The minimum atomic E-state index is -1.24. The number of hydrogen-bond donors (Lipinski definition) is 4. The summed E-state index contributed by atoms with van der Waals surface area (Å²) in [6.07, 6.45) is -7.08. The highest BCUT2D eigenvalue weighted by Gasteiger charge is 2.53. The summed E-state index contributed by atoms with van der Waals surface area (Å²) in [5, 5.41) is 38.6. The Morgan fingerprint density at radius 3 is 2.40 bits per heavy atom. The second kappa shape index (κ2) is 5.47. The maximum Gasteiger partial charge on any atom is 0.187 e. The number of aliphatic hydroxyl groups is 4. The Hall–Kier alpha value is -0.320. The van der Waals surface area contributed by atoms with Crippen LogP contribution in [0.25, 0.3) is 0 Å². The molecule has 3 heterocycles. The summed E-state index contributed by atoms with van der Waals surface area (Å²) in [5.41, 5.74) is 0. The number of rotatable bonds is 1. The Labute approximate surface area is 115 Å². The molecule has 0 saturated carbocycles. The molecule has 3 fully saturated rings. The van der Waals surface area contributed by atoms with Crippen LogP contribution in [0.4, 0.5) is 0 Å². The fourth-order valence-electron chi connectivity index (χ4n) is 3.01. The Bertz CT molecular complexity index is 352. The van der Waals surface area contributed by atoms with Crippen LogP contribution >= 0.6 is 0 Å². The average molecular weight is 292 g/mol. The number of fused-ring (bicyclic) bond motifs is 2. The summed E-state index contributed by atoms with van der Waals surface area (Å²) in [5.74, 6) is 0. The van der Waals surface area contributed by atoms with Crippen molar-refractivity contribution >= 4 is 0 Å². The molecule has 20 heavy (non-hydrogen) atoms. The highest BCUT2D eigenvalue weighted by atomic mass is 16.7. The minimum absolute atomic E-state index is 0.240. The van der Waals surface area contributed by atoms with Crippen molar-refractivity contribution < 1.29 is 39.4 Å². The van der Waals surface area contributed by atoms with Crippen LogP contribution in [0.1, 0.15) is 13.3 Å². The van der Waals surface area contributed by atoms with E-state index in [2.05, 4.69) is 0 Å². The van der Waals surface area contributed by atoms with Crippen LogP contribution in [0.2, 0.25) is 0 Å². The first-order valence-corrected chi connectivity index (χ1v) is 6.78. The first-order chi connectivity index (χ1) is 9.51. The van der Waals surface area contributed by atoms with Crippen LogP contribution in [-0.2, 0) is 18.9 Å². The van der Waals surface area contributed by atoms with Crippen molar-refractivity contribution in [1.82, 2.24) is 0 Å². The molecule has 0 aromatic rings. The maximum absolute atomic E-state index is 10.1. The molecule has 3 aliphatic heterocycles. The zero-order valence-electron chi connectivity index (χ0n) is 11.0. The highest BCUT2D eigenvalue weighted by Crippen LogP contribution is 2.36. The van der Waals surface area contributed by atoms with Gasteiger partial charge in [0.05, 0.1) is 18.8 Å². The molecule has 116 valence electrons. The van der Waals surface area contributed by atoms with Crippen LogP contribution < -0.4 is 0 Å². The minimum Gasteiger partial charge on any atom is -0.394 e. The molecule has 8 heteroatoms. The third kappa shape index (κ3) is 2.36. The molecule has 3 aliphatic rings. The molecular weight excluding hydrogens is 272 g/mol. The van der Waals surface area contributed by atoms with Gasteiger partial charge in [-0.2, -0.15) is 0 Å². The van der Waals surface area contributed by atoms with Crippen LogP contribution in [0.5, 0.6) is 0 Å². The van der Waals surface area contributed by atoms with Crippen molar-refractivity contribution in [3.8, 4) is 0 Å². The fraction of sp³-hybridized carbons (Fsp3) is 1.00. The average Bonchev–Trinajstić information content (AvgIpc) is 2.41. The number of ether oxygens (including phenoxy) is 4. The summed E-state index contributed by atoms with van der Waals surface area (Å²) in [4.78, 5) is 0. The van der Waals surface area contributed by atoms with Gasteiger partial charge in [-0.25, -0.2) is 0 Å². The molecule has 0 amide bonds. The molecule has 0 bridgehead atoms. The summed E-state index contributed by atoms with van der Waals surface area (Å²) in [6.45, 7) is 1.31. The lowest BCUT2D eigenvalue weighted by atomic mass is 9.94. The van der Waals surface area contributed by atoms with E-state index in [0.717, 1.165) is 0 Å². The topological polar surface area (TPSA) is 118 Å². The molecule has 0 spiro atoms. The van der Waals surface area contributed by atoms with Gasteiger partial charge in [0.2, 0.25) is 0 Å². The molecule has 3 rings (SSSR count). The van der Waals surface area contributed by atoms with E-state index < -0.39 is 61.9 Å². The van der Waals surface area contributed by atoms with Gasteiger partial charge in [-0.1, -0.05) is 0 Å². The standard InChI is InChI=1S/C12H20O8/c1-4-10-5(2-7(14)17-4)18-12-11(20-10)9(16)8(15)6(3-13)19-12/h4-16H,2-3H2,1H3. The van der Waals surface area contributed by atoms with E-state index in [1.807, 2.05) is 0 Å². The molecule has 9 atom stereocenters. The predicted molar refractivity (Wildman–Crippen MR) is 62.5 cm³/mol. The van der Waals surface area contributed by atoms with E-state index in [4.69, 9.17) is 24.1 Å². The second-order valence-electron chi connectivity index (χ2n) is 5.48. The first-order valence-electron chi connectivity index (χ1n) is 6.78. The third-order valence-corrected chi connectivity index (χ3v) is 4.08. The van der Waals surface area contributed by atoms with Gasteiger partial charge in [0.1, 0.15) is 30.5 Å². The lowest BCUT2D eigenvalue weighted by molar-refractivity contribution is -0.393. The highest BCUT2D eigenvalue weighted by molar-refractivity contribution is 4.96. The van der Waals surface area contributed by atoms with Gasteiger partial charge in [-0.05, 0) is 6.92 Å². The van der Waals surface area contributed by atoms with Gasteiger partial charge in [0.25, 0.3) is 0 Å². The lowest BCUT2D eigenvalue weighted by Gasteiger charge is -2.51. The normalized spacial score (nSPS) is 56.0. The lowest BCUT2D eigenvalue weighted by Crippen LogP contribution is -2.67.